The maximum Gasteiger partial charge on any atom is 0.489 e. The molecule has 0 amide bonds. The van der Waals surface area contributed by atoms with Gasteiger partial charge < -0.3 is 10.0 Å². The zero-order chi connectivity index (χ0) is 74.8. The van der Waals surface area contributed by atoms with E-state index >= 15 is 0 Å². The van der Waals surface area contributed by atoms with Gasteiger partial charge in [-0.05, 0) is 267 Å². The molecule has 0 aliphatic carbocycles. The van der Waals surface area contributed by atoms with Crippen LogP contribution < -0.4 is 5.46 Å². The highest BCUT2D eigenvalue weighted by molar-refractivity contribution is 9.10. The molecule has 4 heteroatoms. The fourth-order valence-corrected chi connectivity index (χ4v) is 17.9. The minimum Gasteiger partial charge on any atom is -0.423 e. The number of halogens is 1. The number of rotatable bonds is 8. The first-order valence-corrected chi connectivity index (χ1v) is 39.0. The van der Waals surface area contributed by atoms with E-state index in [1.54, 1.807) is 0 Å². The van der Waals surface area contributed by atoms with E-state index < -0.39 is 7.12 Å². The Labute approximate surface area is 657 Å². The molecule has 2 N–H and O–H groups in total. The van der Waals surface area contributed by atoms with Gasteiger partial charge in [0.25, 0.3) is 0 Å². The Balaban J connectivity index is 0.000000120. The van der Waals surface area contributed by atoms with Gasteiger partial charge in [-0.25, -0.2) is 0 Å². The first-order chi connectivity index (χ1) is 55.3. The zero-order valence-corrected chi connectivity index (χ0v) is 62.7. The van der Waals surface area contributed by atoms with Crippen LogP contribution in [0.25, 0.3) is 207 Å². The zero-order valence-electron chi connectivity index (χ0n) is 61.1. The molecule has 0 spiro atoms. The van der Waals surface area contributed by atoms with Gasteiger partial charge in [0.15, 0.2) is 0 Å². The van der Waals surface area contributed by atoms with Crippen LogP contribution in [-0.2, 0) is 0 Å². The lowest BCUT2D eigenvalue weighted by molar-refractivity contribution is 0.426. The number of hydrogen-bond donors (Lipinski definition) is 2. The molecule has 0 unspecified atom stereocenters. The first-order valence-electron chi connectivity index (χ1n) is 38.2. The third kappa shape index (κ3) is 12.4. The van der Waals surface area contributed by atoms with Gasteiger partial charge in [-0.15, -0.1) is 0 Å². The molecule has 22 rings (SSSR count). The number of fused-ring (bicyclic) bond motifs is 14. The molecule has 0 radical (unpaired) electrons. The van der Waals surface area contributed by atoms with E-state index in [2.05, 4.69) is 392 Å². The van der Waals surface area contributed by atoms with Crippen molar-refractivity contribution in [3.63, 3.8) is 0 Å². The van der Waals surface area contributed by atoms with Gasteiger partial charge in [0.05, 0.1) is 0 Å². The molecule has 22 aromatic rings. The lowest BCUT2D eigenvalue weighted by Crippen LogP contribution is -2.31. The Bertz CT molecular complexity index is 7400. The summed E-state index contributed by atoms with van der Waals surface area (Å²) < 4.78 is 1.12. The lowest BCUT2D eigenvalue weighted by Gasteiger charge is -2.18. The summed E-state index contributed by atoms with van der Waals surface area (Å²) in [7, 11) is -1.55. The molecule has 112 heavy (non-hydrogen) atoms. The quantitative estimate of drug-likeness (QED) is 0.0904. The van der Waals surface area contributed by atoms with Crippen molar-refractivity contribution in [2.45, 2.75) is 0 Å². The molecule has 0 aliphatic rings. The van der Waals surface area contributed by atoms with E-state index in [-0.39, 0.29) is 0 Å². The molecule has 0 heterocycles. The Kier molecular flexibility index (Phi) is 17.4. The van der Waals surface area contributed by atoms with Gasteiger partial charge in [0.2, 0.25) is 0 Å². The van der Waals surface area contributed by atoms with Gasteiger partial charge in [0.1, 0.15) is 0 Å². The molecule has 0 saturated carbocycles. The molecule has 22 aromatic carbocycles. The van der Waals surface area contributed by atoms with E-state index in [1.165, 1.54) is 169 Å². The van der Waals surface area contributed by atoms with Crippen molar-refractivity contribution in [1.29, 1.82) is 0 Å². The van der Waals surface area contributed by atoms with Crippen molar-refractivity contribution in [1.82, 2.24) is 0 Å². The summed E-state index contributed by atoms with van der Waals surface area (Å²) in [6, 6.07) is 148. The van der Waals surface area contributed by atoms with Crippen molar-refractivity contribution in [3.8, 4) is 77.9 Å². The number of hydrogen-bond acceptors (Lipinski definition) is 2. The average Bonchev–Trinajstić information content (AvgIpc) is 0.737. The van der Waals surface area contributed by atoms with Crippen LogP contribution in [0.15, 0.2) is 417 Å². The van der Waals surface area contributed by atoms with Gasteiger partial charge in [-0.1, -0.05) is 374 Å². The second kappa shape index (κ2) is 28.8. The standard InChI is InChI=1S/C54H34.C30H21BO2.C24H15Br/c1-3-16-45-35(11-1)13-10-22-47(45)41-14-9-15-43(34-41)53-49-18-5-7-20-51(49)54(52-21-8-6-19-50(52)53)44-28-26-38-31-37(24-25-39(38)33-44)40-29-30-48-42(32-40)27-23-36-12-2-4-17-46(36)48;32-31(33)30-27-16-5-3-14-25(27)29(26-15-4-6-17-28(26)30)22-12-7-11-21(19-22)24-18-8-10-20-9-1-2-13-23(20)24;25-22-11-9-18-13-17(6-7-20(18)15-22)19-10-12-24-21(14-19)8-5-16-3-1-2-4-23(16)24/h1-34H;1-19,32-33H;1-15H. The molecule has 524 valence electrons. The van der Waals surface area contributed by atoms with Crippen LogP contribution in [0.4, 0.5) is 0 Å². The Morgan fingerprint density at radius 2 is 0.411 bits per heavy atom. The van der Waals surface area contributed by atoms with Crippen LogP contribution in [0.3, 0.4) is 0 Å². The van der Waals surface area contributed by atoms with Crippen LogP contribution in [0.2, 0.25) is 0 Å². The van der Waals surface area contributed by atoms with Crippen molar-refractivity contribution in [2.75, 3.05) is 0 Å². The maximum absolute atomic E-state index is 10.2. The van der Waals surface area contributed by atoms with Gasteiger partial charge in [-0.2, -0.15) is 0 Å². The third-order valence-electron chi connectivity index (χ3n) is 22.8. The second-order valence-corrected chi connectivity index (χ2v) is 30.2. The first kappa shape index (κ1) is 67.8. The average molecular weight is 1490 g/mol. The Morgan fingerprint density at radius 1 is 0.161 bits per heavy atom. The van der Waals surface area contributed by atoms with E-state index in [4.69, 9.17) is 0 Å². The summed E-state index contributed by atoms with van der Waals surface area (Å²) >= 11 is 3.54. The molecule has 0 fully saturated rings. The Morgan fingerprint density at radius 3 is 0.821 bits per heavy atom. The highest BCUT2D eigenvalue weighted by Crippen LogP contribution is 2.47. The molecule has 0 aliphatic heterocycles. The Hall–Kier alpha value is -13.6. The highest BCUT2D eigenvalue weighted by atomic mass is 79.9. The molecule has 2 nitrogen and oxygen atoms in total. The van der Waals surface area contributed by atoms with Gasteiger partial charge in [0, 0.05) is 4.47 Å². The van der Waals surface area contributed by atoms with Crippen LogP contribution in [0.1, 0.15) is 0 Å². The fourth-order valence-electron chi connectivity index (χ4n) is 17.5. The largest absolute Gasteiger partial charge is 0.489 e. The molecule has 0 aromatic heterocycles. The summed E-state index contributed by atoms with van der Waals surface area (Å²) in [4.78, 5) is 0. The minimum atomic E-state index is -1.55. The van der Waals surface area contributed by atoms with Crippen LogP contribution >= 0.6 is 15.9 Å². The predicted octanol–water partition coefficient (Wildman–Crippen LogP) is 29.0. The van der Waals surface area contributed by atoms with Crippen molar-refractivity contribution >= 4 is 158 Å². The fraction of sp³-hybridized carbons (Fsp3) is 0. The maximum atomic E-state index is 10.2. The third-order valence-corrected chi connectivity index (χ3v) is 23.2. The van der Waals surface area contributed by atoms with Crippen molar-refractivity contribution in [2.24, 2.45) is 0 Å². The molecule has 0 saturated heterocycles. The smallest absolute Gasteiger partial charge is 0.423 e. The highest BCUT2D eigenvalue weighted by Gasteiger charge is 2.24. The predicted molar refractivity (Wildman–Crippen MR) is 485 cm³/mol. The molecule has 0 bridgehead atoms. The summed E-state index contributed by atoms with van der Waals surface area (Å²) in [5, 5.41) is 49.6. The second-order valence-electron chi connectivity index (χ2n) is 29.2. The summed E-state index contributed by atoms with van der Waals surface area (Å²) in [5.41, 5.74) is 17.6. The topological polar surface area (TPSA) is 40.5 Å². The summed E-state index contributed by atoms with van der Waals surface area (Å²) in [5.74, 6) is 0. The van der Waals surface area contributed by atoms with Gasteiger partial charge in [-0.3, -0.25) is 0 Å². The van der Waals surface area contributed by atoms with Crippen molar-refractivity contribution < 1.29 is 10.0 Å². The SMILES string of the molecule is Brc1ccc2cc(-c3ccc4c(ccc5ccccc54)c3)ccc2c1.OB(O)c1c2ccccc2c(-c2cccc(-c3cccc4ccccc34)c2)c2ccccc12.c1cc(-c2cccc3ccccc23)cc(-c2c3ccccc3c(-c3ccc4cc(-c5ccc6c(ccc7ccccc76)c5)ccc4c3)c3ccccc23)c1. The normalized spacial score (nSPS) is 11.5. The van der Waals surface area contributed by atoms with E-state index in [1.807, 2.05) is 36.4 Å². The minimum absolute atomic E-state index is 0.551. The lowest BCUT2D eigenvalue weighted by atomic mass is 9.72. The van der Waals surface area contributed by atoms with E-state index in [0.29, 0.717) is 5.46 Å². The molecular weight excluding hydrogens is 1420 g/mol. The van der Waals surface area contributed by atoms with E-state index in [9.17, 15) is 10.0 Å². The molecule has 0 atom stereocenters. The monoisotopic (exact) mass is 1490 g/mol. The van der Waals surface area contributed by atoms with Crippen LogP contribution in [0.5, 0.6) is 0 Å². The summed E-state index contributed by atoms with van der Waals surface area (Å²) in [6.07, 6.45) is 0. The summed E-state index contributed by atoms with van der Waals surface area (Å²) in [6.45, 7) is 0. The number of benzene rings is 22. The van der Waals surface area contributed by atoms with Crippen LogP contribution in [0, 0.1) is 0 Å². The molecular formula is C108H70BBrO2. The van der Waals surface area contributed by atoms with E-state index in [0.717, 1.165) is 42.7 Å². The van der Waals surface area contributed by atoms with Crippen molar-refractivity contribution in [3.05, 3.63) is 417 Å². The van der Waals surface area contributed by atoms with Gasteiger partial charge >= 0.3 is 7.12 Å². The van der Waals surface area contributed by atoms with Crippen LogP contribution in [-0.4, -0.2) is 17.2 Å².